The molecule has 2 aromatic rings. The van der Waals surface area contributed by atoms with E-state index in [1.807, 2.05) is 30.4 Å². The fourth-order valence-corrected chi connectivity index (χ4v) is 3.46. The first-order chi connectivity index (χ1) is 17.4. The van der Waals surface area contributed by atoms with Gasteiger partial charge in [0, 0.05) is 31.0 Å². The normalized spacial score (nSPS) is 12.6. The minimum absolute atomic E-state index is 0.328. The molecule has 0 saturated heterocycles. The molecule has 1 heterocycles. The molecule has 0 bridgehead atoms. The molecule has 0 atom stereocenters. The van der Waals surface area contributed by atoms with Crippen LogP contribution in [0.5, 0.6) is 5.75 Å². The van der Waals surface area contributed by atoms with Gasteiger partial charge in [-0.2, -0.15) is 0 Å². The molecule has 5 heteroatoms. The molecule has 5 nitrogen and oxygen atoms in total. The monoisotopic (exact) mass is 487 g/mol. The number of nitrogens with zero attached hydrogens (tertiary/aromatic N) is 1. The minimum Gasteiger partial charge on any atom is -0.488 e. The topological polar surface area (TPSA) is 57.7 Å². The number of carbonyl (C=O) groups is 1. The zero-order valence-corrected chi connectivity index (χ0v) is 22.0. The van der Waals surface area contributed by atoms with E-state index >= 15 is 0 Å². The van der Waals surface area contributed by atoms with Gasteiger partial charge >= 0.3 is 5.97 Å². The molecule has 190 valence electrons. The number of aryl methyl sites for hydroxylation is 1. The Labute approximate surface area is 215 Å². The summed E-state index contributed by atoms with van der Waals surface area (Å²) in [5.41, 5.74) is 6.76. The summed E-state index contributed by atoms with van der Waals surface area (Å²) in [7, 11) is 1.67. The second kappa shape index (κ2) is 15.3. The van der Waals surface area contributed by atoms with Crippen LogP contribution in [0, 0.1) is 6.92 Å². The van der Waals surface area contributed by atoms with E-state index in [-0.39, 0.29) is 5.97 Å². The quantitative estimate of drug-likeness (QED) is 0.228. The van der Waals surface area contributed by atoms with Crippen molar-refractivity contribution in [3.05, 3.63) is 113 Å². The number of rotatable bonds is 13. The van der Waals surface area contributed by atoms with Crippen LogP contribution >= 0.6 is 0 Å². The Bertz CT molecular complexity index is 1150. The van der Waals surface area contributed by atoms with Crippen LogP contribution in [0.15, 0.2) is 90.7 Å². The highest BCUT2D eigenvalue weighted by atomic mass is 16.5. The van der Waals surface area contributed by atoms with E-state index in [9.17, 15) is 4.79 Å². The smallest absolute Gasteiger partial charge is 0.338 e. The van der Waals surface area contributed by atoms with Gasteiger partial charge in [0.05, 0.1) is 18.8 Å². The molecule has 0 fully saturated rings. The summed E-state index contributed by atoms with van der Waals surface area (Å²) in [6.45, 7) is 13.1. The van der Waals surface area contributed by atoms with Crippen LogP contribution in [0.1, 0.15) is 48.0 Å². The van der Waals surface area contributed by atoms with E-state index in [1.54, 1.807) is 38.4 Å². The predicted octanol–water partition coefficient (Wildman–Crippen LogP) is 6.85. The van der Waals surface area contributed by atoms with Crippen molar-refractivity contribution in [2.24, 2.45) is 0 Å². The second-order valence-electron chi connectivity index (χ2n) is 8.42. The Balaban J connectivity index is 2.18. The number of ether oxygens (including phenoxy) is 3. The van der Waals surface area contributed by atoms with Gasteiger partial charge in [-0.05, 0) is 63.1 Å². The number of pyridine rings is 1. The third-order valence-corrected chi connectivity index (χ3v) is 5.29. The maximum atomic E-state index is 12.0. The Kier molecular flexibility index (Phi) is 12.1. The van der Waals surface area contributed by atoms with E-state index in [2.05, 4.69) is 50.6 Å². The highest BCUT2D eigenvalue weighted by Crippen LogP contribution is 2.28. The molecule has 0 amide bonds. The van der Waals surface area contributed by atoms with Gasteiger partial charge in [-0.3, -0.25) is 4.98 Å². The second-order valence-corrected chi connectivity index (χ2v) is 8.42. The molecule has 1 aromatic carbocycles. The fraction of sp³-hybridized carbons (Fsp3) is 0.290. The van der Waals surface area contributed by atoms with Gasteiger partial charge in [-0.15, -0.1) is 0 Å². The maximum Gasteiger partial charge on any atom is 0.338 e. The number of benzene rings is 1. The van der Waals surface area contributed by atoms with Gasteiger partial charge in [0.25, 0.3) is 0 Å². The number of hydrogen-bond donors (Lipinski definition) is 0. The van der Waals surface area contributed by atoms with Crippen molar-refractivity contribution in [1.82, 2.24) is 4.98 Å². The zero-order valence-electron chi connectivity index (χ0n) is 22.0. The molecule has 36 heavy (non-hydrogen) atoms. The van der Waals surface area contributed by atoms with Crippen LogP contribution in [-0.2, 0) is 15.9 Å². The highest BCUT2D eigenvalue weighted by Gasteiger charge is 2.09. The lowest BCUT2D eigenvalue weighted by molar-refractivity contribution is 0.0526. The largest absolute Gasteiger partial charge is 0.488 e. The summed E-state index contributed by atoms with van der Waals surface area (Å²) >= 11 is 0. The van der Waals surface area contributed by atoms with Crippen LogP contribution in [0.2, 0.25) is 0 Å². The molecule has 1 aromatic heterocycles. The van der Waals surface area contributed by atoms with Crippen molar-refractivity contribution >= 4 is 11.5 Å². The molecule has 0 aliphatic carbocycles. The van der Waals surface area contributed by atoms with Crippen molar-refractivity contribution in [3.63, 3.8) is 0 Å². The van der Waals surface area contributed by atoms with Crippen LogP contribution in [0.25, 0.3) is 5.57 Å². The summed E-state index contributed by atoms with van der Waals surface area (Å²) < 4.78 is 16.4. The number of hydrogen-bond acceptors (Lipinski definition) is 5. The van der Waals surface area contributed by atoms with Gasteiger partial charge in [0.2, 0.25) is 0 Å². The van der Waals surface area contributed by atoms with E-state index in [0.29, 0.717) is 31.8 Å². The number of allylic oxidation sites excluding steroid dienone is 6. The summed E-state index contributed by atoms with van der Waals surface area (Å²) in [5, 5.41) is 0. The average Bonchev–Trinajstić information content (AvgIpc) is 2.86. The summed E-state index contributed by atoms with van der Waals surface area (Å²) in [6.07, 6.45) is 14.1. The molecule has 0 N–H and O–H groups in total. The molecule has 0 aliphatic heterocycles. The molecule has 2 rings (SSSR count). The Hall–Kier alpha value is -3.70. The first-order valence-corrected chi connectivity index (χ1v) is 12.0. The number of esters is 1. The van der Waals surface area contributed by atoms with E-state index in [4.69, 9.17) is 14.2 Å². The number of carbonyl (C=O) groups excluding carboxylic acids is 1. The van der Waals surface area contributed by atoms with E-state index < -0.39 is 0 Å². The van der Waals surface area contributed by atoms with Gasteiger partial charge < -0.3 is 14.2 Å². The van der Waals surface area contributed by atoms with Crippen LogP contribution in [0.3, 0.4) is 0 Å². The Morgan fingerprint density at radius 1 is 1.11 bits per heavy atom. The number of methoxy groups -OCH3 is 1. The van der Waals surface area contributed by atoms with Crippen LogP contribution < -0.4 is 4.74 Å². The van der Waals surface area contributed by atoms with Crippen molar-refractivity contribution in [2.45, 2.75) is 34.1 Å². The first kappa shape index (κ1) is 28.5. The van der Waals surface area contributed by atoms with Crippen LogP contribution in [-0.4, -0.2) is 37.9 Å². The molecule has 0 saturated carbocycles. The Morgan fingerprint density at radius 3 is 2.64 bits per heavy atom. The lowest BCUT2D eigenvalue weighted by Crippen LogP contribution is -2.06. The van der Waals surface area contributed by atoms with Gasteiger partial charge in [-0.25, -0.2) is 4.79 Å². The standard InChI is InChI=1S/C31H37NO4/c1-7-10-26(11-9-18-34-6)22-36-30-15-13-24(4)20-29(30)25(5)14-12-23(3)19-28-21-27(16-17-32-28)31(33)35-8-2/h7,9-17,20-21H,1,8,18-19,22H2,2-6H3/b11-9-,23-12-,25-14+,26-10+. The molecule has 0 unspecified atom stereocenters. The molecular weight excluding hydrogens is 450 g/mol. The van der Waals surface area contributed by atoms with E-state index in [0.717, 1.165) is 39.3 Å². The minimum atomic E-state index is -0.328. The molecule has 0 aliphatic rings. The SMILES string of the molecule is C=C/C=C(\C=C/COC)COc1ccc(C)cc1/C(C)=C/C=C(/C)Cc1cc(C(=O)OCC)ccn1. The summed E-state index contributed by atoms with van der Waals surface area (Å²) in [4.78, 5) is 16.4. The fourth-order valence-electron chi connectivity index (χ4n) is 3.46. The van der Waals surface area contributed by atoms with Gasteiger partial charge in [0.15, 0.2) is 0 Å². The lowest BCUT2D eigenvalue weighted by atomic mass is 10.0. The van der Waals surface area contributed by atoms with Crippen molar-refractivity contribution < 1.29 is 19.0 Å². The maximum absolute atomic E-state index is 12.0. The molecule has 0 spiro atoms. The van der Waals surface area contributed by atoms with E-state index in [1.165, 1.54) is 0 Å². The van der Waals surface area contributed by atoms with Crippen LogP contribution in [0.4, 0.5) is 0 Å². The number of aromatic nitrogens is 1. The molecular formula is C31H37NO4. The van der Waals surface area contributed by atoms with Gasteiger partial charge in [-0.1, -0.05) is 60.2 Å². The van der Waals surface area contributed by atoms with Crippen molar-refractivity contribution in [2.75, 3.05) is 26.9 Å². The lowest BCUT2D eigenvalue weighted by Gasteiger charge is -2.13. The summed E-state index contributed by atoms with van der Waals surface area (Å²) in [5.74, 6) is 0.491. The molecule has 0 radical (unpaired) electrons. The average molecular weight is 488 g/mol. The van der Waals surface area contributed by atoms with Gasteiger partial charge in [0.1, 0.15) is 12.4 Å². The Morgan fingerprint density at radius 2 is 1.92 bits per heavy atom. The summed E-state index contributed by atoms with van der Waals surface area (Å²) in [6, 6.07) is 9.65. The zero-order chi connectivity index (χ0) is 26.3. The highest BCUT2D eigenvalue weighted by molar-refractivity contribution is 5.89. The third-order valence-electron chi connectivity index (χ3n) is 5.29. The predicted molar refractivity (Wildman–Crippen MR) is 147 cm³/mol. The first-order valence-electron chi connectivity index (χ1n) is 12.0. The third kappa shape index (κ3) is 9.51. The van der Waals surface area contributed by atoms with Crippen molar-refractivity contribution in [3.8, 4) is 5.75 Å². The van der Waals surface area contributed by atoms with Crippen molar-refractivity contribution in [1.29, 1.82) is 0 Å².